The lowest BCUT2D eigenvalue weighted by Crippen LogP contribution is -2.09. The molecule has 0 spiro atoms. The second-order valence-corrected chi connectivity index (χ2v) is 9.19. The van der Waals surface area contributed by atoms with Crippen LogP contribution in [0.2, 0.25) is 0 Å². The fourth-order valence-corrected chi connectivity index (χ4v) is 4.08. The molecule has 0 saturated heterocycles. The first-order valence-corrected chi connectivity index (χ1v) is 11.5. The third kappa shape index (κ3) is 5.62. The zero-order valence-corrected chi connectivity index (χ0v) is 19.7. The number of benzene rings is 2. The van der Waals surface area contributed by atoms with Gasteiger partial charge in [0.05, 0.1) is 23.3 Å². The van der Waals surface area contributed by atoms with E-state index in [1.54, 1.807) is 10.9 Å². The van der Waals surface area contributed by atoms with Crippen LogP contribution in [0.3, 0.4) is 0 Å². The number of carbonyl (C=O) groups is 1. The molecule has 7 heteroatoms. The lowest BCUT2D eigenvalue weighted by Gasteiger charge is -2.07. The number of ether oxygens (including phenoxy) is 1. The Morgan fingerprint density at radius 3 is 2.68 bits per heavy atom. The number of rotatable bonds is 7. The number of aromatic nitrogens is 2. The van der Waals surface area contributed by atoms with Crippen molar-refractivity contribution in [2.75, 3.05) is 5.32 Å². The number of amides is 1. The maximum atomic E-state index is 12.6. The van der Waals surface area contributed by atoms with Crippen LogP contribution >= 0.6 is 27.3 Å². The Morgan fingerprint density at radius 1 is 1.10 bits per heavy atom. The monoisotopic (exact) mass is 495 g/mol. The van der Waals surface area contributed by atoms with Crippen molar-refractivity contribution in [1.82, 2.24) is 9.78 Å². The molecule has 0 aliphatic carbocycles. The molecule has 2 aromatic carbocycles. The number of thiophene rings is 1. The molecule has 0 aliphatic rings. The molecular formula is C24H22BrN3O2S. The van der Waals surface area contributed by atoms with Gasteiger partial charge in [-0.05, 0) is 66.2 Å². The van der Waals surface area contributed by atoms with Crippen LogP contribution in [0, 0.1) is 13.8 Å². The quantitative estimate of drug-likeness (QED) is 0.331. The van der Waals surface area contributed by atoms with Gasteiger partial charge in [0.25, 0.3) is 5.91 Å². The highest BCUT2D eigenvalue weighted by Crippen LogP contribution is 2.21. The third-order valence-corrected chi connectivity index (χ3v) is 6.42. The molecule has 158 valence electrons. The van der Waals surface area contributed by atoms with Crippen LogP contribution in [-0.4, -0.2) is 15.7 Å². The minimum atomic E-state index is -0.148. The van der Waals surface area contributed by atoms with Gasteiger partial charge in [-0.25, -0.2) is 0 Å². The molecular weight excluding hydrogens is 474 g/mol. The summed E-state index contributed by atoms with van der Waals surface area (Å²) in [5.41, 5.74) is 5.21. The number of hydrogen-bond donors (Lipinski definition) is 1. The van der Waals surface area contributed by atoms with Crippen LogP contribution < -0.4 is 10.1 Å². The average Bonchev–Trinajstić information content (AvgIpc) is 3.40. The van der Waals surface area contributed by atoms with Crippen molar-refractivity contribution in [3.05, 3.63) is 97.9 Å². The van der Waals surface area contributed by atoms with E-state index in [0.717, 1.165) is 21.3 Å². The summed E-state index contributed by atoms with van der Waals surface area (Å²) in [6.45, 7) is 5.21. The zero-order valence-electron chi connectivity index (χ0n) is 17.3. The predicted octanol–water partition coefficient (Wildman–Crippen LogP) is 6.20. The molecule has 5 nitrogen and oxygen atoms in total. The first-order valence-electron chi connectivity index (χ1n) is 9.82. The largest absolute Gasteiger partial charge is 0.489 e. The molecule has 0 bridgehead atoms. The predicted molar refractivity (Wildman–Crippen MR) is 128 cm³/mol. The maximum absolute atomic E-state index is 12.6. The van der Waals surface area contributed by atoms with Crippen molar-refractivity contribution >= 4 is 38.9 Å². The van der Waals surface area contributed by atoms with Crippen LogP contribution in [0.15, 0.2) is 70.8 Å². The van der Waals surface area contributed by atoms with Crippen molar-refractivity contribution in [3.8, 4) is 5.75 Å². The molecule has 0 fully saturated rings. The van der Waals surface area contributed by atoms with E-state index >= 15 is 0 Å². The molecule has 2 heterocycles. The van der Waals surface area contributed by atoms with Gasteiger partial charge in [-0.2, -0.15) is 5.10 Å². The number of carbonyl (C=O) groups excluding carboxylic acids is 1. The Morgan fingerprint density at radius 2 is 1.90 bits per heavy atom. The Kier molecular flexibility index (Phi) is 6.53. The van der Waals surface area contributed by atoms with Gasteiger partial charge < -0.3 is 10.1 Å². The Balaban J connectivity index is 1.33. The molecule has 0 unspecified atom stereocenters. The van der Waals surface area contributed by atoms with Gasteiger partial charge in [0, 0.05) is 16.2 Å². The summed E-state index contributed by atoms with van der Waals surface area (Å²) in [5, 5.41) is 9.20. The van der Waals surface area contributed by atoms with Crippen LogP contribution in [0.1, 0.15) is 31.9 Å². The lowest BCUT2D eigenvalue weighted by molar-refractivity contribution is 0.103. The topological polar surface area (TPSA) is 56.1 Å². The fraction of sp³-hybridized carbons (Fsp3) is 0.167. The van der Waals surface area contributed by atoms with Crippen LogP contribution in [0.5, 0.6) is 5.75 Å². The summed E-state index contributed by atoms with van der Waals surface area (Å²) in [7, 11) is 0. The van der Waals surface area contributed by atoms with Crippen molar-refractivity contribution < 1.29 is 9.53 Å². The van der Waals surface area contributed by atoms with E-state index < -0.39 is 0 Å². The first-order chi connectivity index (χ1) is 15.0. The van der Waals surface area contributed by atoms with E-state index in [-0.39, 0.29) is 5.91 Å². The molecule has 1 amide bonds. The van der Waals surface area contributed by atoms with Gasteiger partial charge in [0.2, 0.25) is 0 Å². The highest BCUT2D eigenvalue weighted by atomic mass is 79.9. The molecule has 0 aliphatic heterocycles. The number of nitrogens with one attached hydrogen (secondary N) is 1. The zero-order chi connectivity index (χ0) is 21.8. The standard InChI is InChI=1S/C24H22BrN3O2S/c1-16-3-8-22(9-17(16)2)30-14-19-10-23(31-15-19)24(29)27-21-11-26-28(13-21)12-18-4-6-20(25)7-5-18/h3-11,13,15H,12,14H2,1-2H3,(H,27,29). The minimum absolute atomic E-state index is 0.148. The summed E-state index contributed by atoms with van der Waals surface area (Å²) in [5.74, 6) is 0.684. The summed E-state index contributed by atoms with van der Waals surface area (Å²) in [4.78, 5) is 13.2. The van der Waals surface area contributed by atoms with Gasteiger partial charge in [-0.15, -0.1) is 11.3 Å². The molecule has 0 saturated carbocycles. The normalized spacial score (nSPS) is 10.8. The Hall–Kier alpha value is -2.90. The van der Waals surface area contributed by atoms with Gasteiger partial charge in [0.15, 0.2) is 0 Å². The summed E-state index contributed by atoms with van der Waals surface area (Å²) in [6.07, 6.45) is 3.49. The number of aryl methyl sites for hydroxylation is 2. The lowest BCUT2D eigenvalue weighted by atomic mass is 10.1. The van der Waals surface area contributed by atoms with E-state index in [9.17, 15) is 4.79 Å². The highest BCUT2D eigenvalue weighted by Gasteiger charge is 2.11. The molecule has 1 N–H and O–H groups in total. The summed E-state index contributed by atoms with van der Waals surface area (Å²) in [6, 6.07) is 16.0. The van der Waals surface area contributed by atoms with E-state index in [1.165, 1.54) is 22.5 Å². The van der Waals surface area contributed by atoms with E-state index in [2.05, 4.69) is 40.2 Å². The van der Waals surface area contributed by atoms with E-state index in [1.807, 2.05) is 60.1 Å². The van der Waals surface area contributed by atoms with Crippen molar-refractivity contribution in [2.24, 2.45) is 0 Å². The van der Waals surface area contributed by atoms with Crippen LogP contribution in [-0.2, 0) is 13.2 Å². The molecule has 2 aromatic heterocycles. The Bertz CT molecular complexity index is 1200. The second-order valence-electron chi connectivity index (χ2n) is 7.36. The van der Waals surface area contributed by atoms with Gasteiger partial charge in [-0.1, -0.05) is 34.1 Å². The fourth-order valence-electron chi connectivity index (χ4n) is 3.02. The SMILES string of the molecule is Cc1ccc(OCc2csc(C(=O)Nc3cnn(Cc4ccc(Br)cc4)c3)c2)cc1C. The Labute approximate surface area is 193 Å². The van der Waals surface area contributed by atoms with Crippen molar-refractivity contribution in [3.63, 3.8) is 0 Å². The summed E-state index contributed by atoms with van der Waals surface area (Å²) >= 11 is 4.84. The van der Waals surface area contributed by atoms with Crippen LogP contribution in [0.25, 0.3) is 0 Å². The molecule has 0 atom stereocenters. The van der Waals surface area contributed by atoms with E-state index in [0.29, 0.717) is 23.7 Å². The van der Waals surface area contributed by atoms with Crippen molar-refractivity contribution in [2.45, 2.75) is 27.0 Å². The third-order valence-electron chi connectivity index (χ3n) is 4.91. The van der Waals surface area contributed by atoms with Crippen molar-refractivity contribution in [1.29, 1.82) is 0 Å². The highest BCUT2D eigenvalue weighted by molar-refractivity contribution is 9.10. The van der Waals surface area contributed by atoms with Gasteiger partial charge in [0.1, 0.15) is 12.4 Å². The molecule has 4 aromatic rings. The minimum Gasteiger partial charge on any atom is -0.489 e. The first kappa shape index (κ1) is 21.3. The molecule has 0 radical (unpaired) electrons. The second kappa shape index (κ2) is 9.49. The molecule has 31 heavy (non-hydrogen) atoms. The summed E-state index contributed by atoms with van der Waals surface area (Å²) < 4.78 is 8.71. The molecule has 4 rings (SSSR count). The van der Waals surface area contributed by atoms with Gasteiger partial charge >= 0.3 is 0 Å². The maximum Gasteiger partial charge on any atom is 0.265 e. The average molecular weight is 496 g/mol. The number of halogens is 1. The van der Waals surface area contributed by atoms with Crippen LogP contribution in [0.4, 0.5) is 5.69 Å². The number of anilines is 1. The van der Waals surface area contributed by atoms with E-state index in [4.69, 9.17) is 4.74 Å². The number of nitrogens with zero attached hydrogens (tertiary/aromatic N) is 2. The smallest absolute Gasteiger partial charge is 0.265 e. The van der Waals surface area contributed by atoms with Gasteiger partial charge in [-0.3, -0.25) is 9.48 Å². The number of hydrogen-bond acceptors (Lipinski definition) is 4.